The summed E-state index contributed by atoms with van der Waals surface area (Å²) in [5.74, 6) is -0.249. The highest BCUT2D eigenvalue weighted by Crippen LogP contribution is 2.20. The van der Waals surface area contributed by atoms with Crippen LogP contribution in [0.15, 0.2) is 48.5 Å². The van der Waals surface area contributed by atoms with Crippen molar-refractivity contribution in [2.45, 2.75) is 26.8 Å². The lowest BCUT2D eigenvalue weighted by atomic mass is 10.2. The fourth-order valence-corrected chi connectivity index (χ4v) is 3.50. The van der Waals surface area contributed by atoms with Crippen LogP contribution in [0.25, 0.3) is 0 Å². The molecule has 0 radical (unpaired) electrons. The van der Waals surface area contributed by atoms with E-state index in [4.69, 9.17) is 0 Å². The second kappa shape index (κ2) is 10.1. The van der Waals surface area contributed by atoms with E-state index >= 15 is 0 Å². The van der Waals surface area contributed by atoms with E-state index in [0.29, 0.717) is 11.4 Å². The molecule has 1 aliphatic rings. The molecule has 2 aromatic rings. The Morgan fingerprint density at radius 2 is 1.40 bits per heavy atom. The van der Waals surface area contributed by atoms with E-state index in [1.54, 1.807) is 24.3 Å². The number of likely N-dealkylation sites (N-methyl/N-ethyl adjacent to an activating group) is 1. The first kappa shape index (κ1) is 21.6. The number of nitrogens with zero attached hydrogens (tertiary/aromatic N) is 2. The minimum atomic E-state index is -0.390. The number of carbonyl (C=O) groups excluding carboxylic acids is 2. The van der Waals surface area contributed by atoms with Crippen LogP contribution in [0, 0.1) is 0 Å². The van der Waals surface area contributed by atoms with Crippen molar-refractivity contribution in [3.05, 3.63) is 48.5 Å². The average Bonchev–Trinajstić information content (AvgIpc) is 2.75. The van der Waals surface area contributed by atoms with Gasteiger partial charge in [0.05, 0.1) is 0 Å². The Hall–Kier alpha value is -3.06. The minimum Gasteiger partial charge on any atom is -0.374 e. The molecule has 30 heavy (non-hydrogen) atoms. The van der Waals surface area contributed by atoms with Crippen molar-refractivity contribution in [3.63, 3.8) is 0 Å². The number of rotatable bonds is 7. The molecule has 1 heterocycles. The molecular weight excluding hydrogens is 378 g/mol. The molecule has 0 bridgehead atoms. The van der Waals surface area contributed by atoms with Gasteiger partial charge in [-0.1, -0.05) is 6.92 Å². The molecule has 0 aromatic heterocycles. The zero-order chi connectivity index (χ0) is 21.5. The number of nitrogens with one attached hydrogen (secondary N) is 3. The third-order valence-corrected chi connectivity index (χ3v) is 5.30. The van der Waals surface area contributed by atoms with Crippen LogP contribution >= 0.6 is 0 Å². The Bertz CT molecular complexity index is 843. The highest BCUT2D eigenvalue weighted by atomic mass is 16.2. The topological polar surface area (TPSA) is 76.7 Å². The van der Waals surface area contributed by atoms with E-state index in [9.17, 15) is 9.59 Å². The van der Waals surface area contributed by atoms with E-state index in [1.165, 1.54) is 12.6 Å². The molecular formula is C23H31N5O2. The lowest BCUT2D eigenvalue weighted by Gasteiger charge is -2.35. The maximum absolute atomic E-state index is 12.5. The summed E-state index contributed by atoms with van der Waals surface area (Å²) < 4.78 is 0. The van der Waals surface area contributed by atoms with Crippen molar-refractivity contribution in [3.8, 4) is 0 Å². The van der Waals surface area contributed by atoms with Gasteiger partial charge in [-0.15, -0.1) is 0 Å². The molecule has 1 aliphatic heterocycles. The van der Waals surface area contributed by atoms with Crippen LogP contribution < -0.4 is 20.9 Å². The Kier molecular flexibility index (Phi) is 7.30. The van der Waals surface area contributed by atoms with Gasteiger partial charge in [0.15, 0.2) is 0 Å². The molecule has 3 rings (SSSR count). The number of hydrogen-bond acceptors (Lipinski definition) is 5. The number of benzene rings is 2. The smallest absolute Gasteiger partial charge is 0.246 e. The van der Waals surface area contributed by atoms with Crippen LogP contribution in [0.4, 0.5) is 22.7 Å². The second-order valence-corrected chi connectivity index (χ2v) is 7.58. The Balaban J connectivity index is 1.50. The van der Waals surface area contributed by atoms with Gasteiger partial charge in [-0.3, -0.25) is 9.59 Å². The summed E-state index contributed by atoms with van der Waals surface area (Å²) in [6.45, 7) is 10.9. The van der Waals surface area contributed by atoms with E-state index in [-0.39, 0.29) is 17.9 Å². The summed E-state index contributed by atoms with van der Waals surface area (Å²) in [4.78, 5) is 28.4. The molecule has 0 aliphatic carbocycles. The lowest BCUT2D eigenvalue weighted by molar-refractivity contribution is -0.116. The zero-order valence-corrected chi connectivity index (χ0v) is 17.9. The van der Waals surface area contributed by atoms with Gasteiger partial charge in [-0.2, -0.15) is 0 Å². The van der Waals surface area contributed by atoms with Gasteiger partial charge in [-0.05, 0) is 62.0 Å². The standard InChI is InChI=1S/C23H31N5O2/c1-4-27-13-15-28(16-14-27)22-11-9-19(10-12-22)24-17(2)23(30)26-21-7-5-20(6-8-21)25-18(3)29/h5-12,17,24H,4,13-16H2,1-3H3,(H,25,29)(H,26,30)/t17-/m1/s1. The second-order valence-electron chi connectivity index (χ2n) is 7.58. The summed E-state index contributed by atoms with van der Waals surface area (Å²) >= 11 is 0. The molecule has 7 nitrogen and oxygen atoms in total. The Morgan fingerprint density at radius 1 is 0.867 bits per heavy atom. The number of amides is 2. The van der Waals surface area contributed by atoms with Gasteiger partial charge < -0.3 is 25.8 Å². The van der Waals surface area contributed by atoms with Crippen LogP contribution in [-0.4, -0.2) is 55.5 Å². The molecule has 2 amide bonds. The monoisotopic (exact) mass is 409 g/mol. The van der Waals surface area contributed by atoms with E-state index in [0.717, 1.165) is 38.4 Å². The zero-order valence-electron chi connectivity index (χ0n) is 17.9. The van der Waals surface area contributed by atoms with E-state index < -0.39 is 0 Å². The van der Waals surface area contributed by atoms with Gasteiger partial charge in [0.1, 0.15) is 6.04 Å². The maximum Gasteiger partial charge on any atom is 0.246 e. The molecule has 160 valence electrons. The average molecular weight is 410 g/mol. The van der Waals surface area contributed by atoms with Crippen LogP contribution in [-0.2, 0) is 9.59 Å². The third-order valence-electron chi connectivity index (χ3n) is 5.30. The van der Waals surface area contributed by atoms with Crippen molar-refractivity contribution < 1.29 is 9.59 Å². The largest absolute Gasteiger partial charge is 0.374 e. The SMILES string of the molecule is CCN1CCN(c2ccc(N[C@H](C)C(=O)Nc3ccc(NC(C)=O)cc3)cc2)CC1. The van der Waals surface area contributed by atoms with Crippen LogP contribution in [0.1, 0.15) is 20.8 Å². The summed E-state index contributed by atoms with van der Waals surface area (Å²) in [5.41, 5.74) is 3.51. The quantitative estimate of drug-likeness (QED) is 0.655. The number of piperazine rings is 1. The van der Waals surface area contributed by atoms with Crippen LogP contribution in [0.3, 0.4) is 0 Å². The molecule has 2 aromatic carbocycles. The van der Waals surface area contributed by atoms with Gasteiger partial charge in [-0.25, -0.2) is 0 Å². The fraction of sp³-hybridized carbons (Fsp3) is 0.391. The Labute approximate surface area is 178 Å². The summed E-state index contributed by atoms with van der Waals surface area (Å²) in [6, 6.07) is 14.9. The van der Waals surface area contributed by atoms with E-state index in [1.807, 2.05) is 19.1 Å². The van der Waals surface area contributed by atoms with Gasteiger partial charge in [0.2, 0.25) is 11.8 Å². The van der Waals surface area contributed by atoms with Crippen molar-refractivity contribution in [1.82, 2.24) is 4.90 Å². The predicted octanol–water partition coefficient (Wildman–Crippen LogP) is 3.23. The molecule has 0 spiro atoms. The number of anilines is 4. The van der Waals surface area contributed by atoms with Crippen molar-refractivity contribution in [2.24, 2.45) is 0 Å². The third kappa shape index (κ3) is 5.97. The molecule has 1 saturated heterocycles. The lowest BCUT2D eigenvalue weighted by Crippen LogP contribution is -2.46. The van der Waals surface area contributed by atoms with Crippen molar-refractivity contribution in [2.75, 3.05) is 53.6 Å². The van der Waals surface area contributed by atoms with Gasteiger partial charge in [0.25, 0.3) is 0 Å². The Morgan fingerprint density at radius 3 is 1.93 bits per heavy atom. The molecule has 1 atom stereocenters. The highest BCUT2D eigenvalue weighted by molar-refractivity contribution is 5.96. The predicted molar refractivity (Wildman–Crippen MR) is 123 cm³/mol. The van der Waals surface area contributed by atoms with Gasteiger partial charge in [0, 0.05) is 55.9 Å². The fourth-order valence-electron chi connectivity index (χ4n) is 3.50. The molecule has 0 unspecified atom stereocenters. The maximum atomic E-state index is 12.5. The number of hydrogen-bond donors (Lipinski definition) is 3. The molecule has 0 saturated carbocycles. The first-order valence-corrected chi connectivity index (χ1v) is 10.5. The highest BCUT2D eigenvalue weighted by Gasteiger charge is 2.16. The summed E-state index contributed by atoms with van der Waals surface area (Å²) in [7, 11) is 0. The number of carbonyl (C=O) groups is 2. The summed E-state index contributed by atoms with van der Waals surface area (Å²) in [6.07, 6.45) is 0. The van der Waals surface area contributed by atoms with E-state index in [2.05, 4.69) is 44.8 Å². The van der Waals surface area contributed by atoms with Crippen LogP contribution in [0.5, 0.6) is 0 Å². The normalized spacial score (nSPS) is 15.4. The minimum absolute atomic E-state index is 0.123. The molecule has 3 N–H and O–H groups in total. The van der Waals surface area contributed by atoms with Gasteiger partial charge >= 0.3 is 0 Å². The molecule has 7 heteroatoms. The van der Waals surface area contributed by atoms with Crippen molar-refractivity contribution >= 4 is 34.6 Å². The summed E-state index contributed by atoms with van der Waals surface area (Å²) in [5, 5.41) is 8.84. The van der Waals surface area contributed by atoms with Crippen LogP contribution in [0.2, 0.25) is 0 Å². The molecule has 1 fully saturated rings. The van der Waals surface area contributed by atoms with Crippen molar-refractivity contribution in [1.29, 1.82) is 0 Å². The first-order chi connectivity index (χ1) is 14.4. The first-order valence-electron chi connectivity index (χ1n) is 10.5.